The van der Waals surface area contributed by atoms with E-state index in [4.69, 9.17) is 23.2 Å². The molecule has 2 aromatic carbocycles. The molecule has 4 nitrogen and oxygen atoms in total. The van der Waals surface area contributed by atoms with Gasteiger partial charge >= 0.3 is 6.18 Å². The maximum atomic E-state index is 12.8. The van der Waals surface area contributed by atoms with E-state index in [0.29, 0.717) is 28.0 Å². The number of rotatable bonds is 4. The zero-order valence-electron chi connectivity index (χ0n) is 18.4. The Morgan fingerprint density at radius 1 is 0.857 bits per heavy atom. The first-order chi connectivity index (χ1) is 16.7. The molecule has 35 heavy (non-hydrogen) atoms. The van der Waals surface area contributed by atoms with Crippen molar-refractivity contribution in [3.63, 3.8) is 0 Å². The van der Waals surface area contributed by atoms with Crippen LogP contribution in [-0.4, -0.2) is 26.4 Å². The first-order valence-corrected chi connectivity index (χ1v) is 11.7. The molecule has 4 aromatic rings. The van der Waals surface area contributed by atoms with E-state index in [-0.39, 0.29) is 0 Å². The fourth-order valence-electron chi connectivity index (χ4n) is 4.11. The lowest BCUT2D eigenvalue weighted by atomic mass is 10.1. The van der Waals surface area contributed by atoms with E-state index in [1.165, 1.54) is 12.1 Å². The van der Waals surface area contributed by atoms with Crippen LogP contribution >= 0.6 is 23.2 Å². The lowest BCUT2D eigenvalue weighted by Gasteiger charge is -2.28. The van der Waals surface area contributed by atoms with Gasteiger partial charge in [-0.25, -0.2) is 9.97 Å². The van der Waals surface area contributed by atoms with Gasteiger partial charge in [0, 0.05) is 65.2 Å². The topological polar surface area (TPSA) is 41.9 Å². The predicted octanol–water partition coefficient (Wildman–Crippen LogP) is 7.09. The molecule has 2 aromatic heterocycles. The Morgan fingerprint density at radius 3 is 2.26 bits per heavy atom. The molecule has 0 fully saturated rings. The maximum Gasteiger partial charge on any atom is 0.416 e. The molecule has 0 saturated carbocycles. The Hall–Kier alpha value is -3.00. The van der Waals surface area contributed by atoms with Crippen molar-refractivity contribution in [3.05, 3.63) is 99.4 Å². The smallest absolute Gasteiger partial charge is 0.294 e. The van der Waals surface area contributed by atoms with Crippen LogP contribution in [0, 0.1) is 0 Å². The quantitative estimate of drug-likeness (QED) is 0.291. The highest BCUT2D eigenvalue weighted by atomic mass is 35.5. The largest absolute Gasteiger partial charge is 0.416 e. The Labute approximate surface area is 210 Å². The number of nitrogens with zero attached hydrogens (tertiary/aromatic N) is 4. The van der Waals surface area contributed by atoms with Crippen molar-refractivity contribution in [1.82, 2.24) is 19.9 Å². The second-order valence-corrected chi connectivity index (χ2v) is 9.28. The van der Waals surface area contributed by atoms with E-state index in [0.717, 1.165) is 59.7 Å². The minimum absolute atomic E-state index is 0.437. The number of pyridine rings is 1. The van der Waals surface area contributed by atoms with E-state index < -0.39 is 11.7 Å². The first-order valence-electron chi connectivity index (χ1n) is 10.9. The second kappa shape index (κ2) is 9.57. The molecule has 3 heterocycles. The normalized spacial score (nSPS) is 14.1. The maximum absolute atomic E-state index is 12.8. The molecule has 0 bridgehead atoms. The monoisotopic (exact) mass is 514 g/mol. The van der Waals surface area contributed by atoms with Gasteiger partial charge in [-0.05, 0) is 42.0 Å². The number of hydrogen-bond acceptors (Lipinski definition) is 4. The molecule has 0 N–H and O–H groups in total. The van der Waals surface area contributed by atoms with E-state index in [1.54, 1.807) is 12.3 Å². The summed E-state index contributed by atoms with van der Waals surface area (Å²) in [7, 11) is 0. The summed E-state index contributed by atoms with van der Waals surface area (Å²) in [5.41, 5.74) is 4.56. The summed E-state index contributed by atoms with van der Waals surface area (Å²) in [6, 6.07) is 14.3. The van der Waals surface area contributed by atoms with Crippen molar-refractivity contribution in [1.29, 1.82) is 0 Å². The van der Waals surface area contributed by atoms with Gasteiger partial charge in [0.15, 0.2) is 5.82 Å². The van der Waals surface area contributed by atoms with Crippen LogP contribution in [0.2, 0.25) is 10.0 Å². The molecule has 0 spiro atoms. The summed E-state index contributed by atoms with van der Waals surface area (Å²) in [4.78, 5) is 15.9. The Morgan fingerprint density at radius 2 is 1.60 bits per heavy atom. The average molecular weight is 515 g/mol. The van der Waals surface area contributed by atoms with Crippen molar-refractivity contribution in [2.24, 2.45) is 0 Å². The number of hydrogen-bond donors (Lipinski definition) is 0. The Balaban J connectivity index is 1.26. The molecule has 0 radical (unpaired) electrons. The fraction of sp³-hybridized carbons (Fsp3) is 0.192. The lowest BCUT2D eigenvalue weighted by Crippen LogP contribution is -2.31. The van der Waals surface area contributed by atoms with E-state index in [9.17, 15) is 13.2 Å². The van der Waals surface area contributed by atoms with E-state index >= 15 is 0 Å². The van der Waals surface area contributed by atoms with Crippen LogP contribution in [0.25, 0.3) is 22.6 Å². The van der Waals surface area contributed by atoms with Crippen LogP contribution in [0.15, 0.2) is 67.0 Å². The zero-order valence-corrected chi connectivity index (χ0v) is 19.9. The van der Waals surface area contributed by atoms with Gasteiger partial charge in [-0.3, -0.25) is 9.88 Å². The molecule has 1 aliphatic rings. The van der Waals surface area contributed by atoms with Gasteiger partial charge in [0.25, 0.3) is 0 Å². The third-order valence-corrected chi connectivity index (χ3v) is 6.31. The van der Waals surface area contributed by atoms with Gasteiger partial charge in [0.05, 0.1) is 17.0 Å². The molecule has 0 amide bonds. The number of fused-ring (bicyclic) bond motifs is 1. The lowest BCUT2D eigenvalue weighted by molar-refractivity contribution is -0.137. The molecular weight excluding hydrogens is 496 g/mol. The van der Waals surface area contributed by atoms with Crippen LogP contribution in [-0.2, 0) is 25.7 Å². The molecule has 5 rings (SSSR count). The molecule has 0 saturated heterocycles. The highest BCUT2D eigenvalue weighted by molar-refractivity contribution is 6.35. The number of aromatic nitrogens is 3. The summed E-state index contributed by atoms with van der Waals surface area (Å²) in [6.45, 7) is 2.22. The minimum Gasteiger partial charge on any atom is -0.294 e. The molecule has 0 aliphatic carbocycles. The van der Waals surface area contributed by atoms with Gasteiger partial charge in [0.1, 0.15) is 0 Å². The molecule has 0 atom stereocenters. The summed E-state index contributed by atoms with van der Waals surface area (Å²) in [5.74, 6) is 0.437. The number of halogens is 5. The van der Waals surface area contributed by atoms with Crippen molar-refractivity contribution < 1.29 is 13.2 Å². The third kappa shape index (κ3) is 5.48. The Bertz CT molecular complexity index is 1340. The fourth-order valence-corrected chi connectivity index (χ4v) is 4.63. The summed E-state index contributed by atoms with van der Waals surface area (Å²) in [6.07, 6.45) is -0.00879. The van der Waals surface area contributed by atoms with Crippen molar-refractivity contribution >= 4 is 23.2 Å². The van der Waals surface area contributed by atoms with Gasteiger partial charge in [-0.15, -0.1) is 0 Å². The van der Waals surface area contributed by atoms with Crippen LogP contribution in [0.1, 0.15) is 22.4 Å². The number of benzene rings is 2. The first kappa shape index (κ1) is 23.7. The summed E-state index contributed by atoms with van der Waals surface area (Å²) in [5, 5.41) is 1.13. The molecular formula is C26H19Cl2F3N4. The second-order valence-electron chi connectivity index (χ2n) is 8.41. The van der Waals surface area contributed by atoms with Crippen LogP contribution in [0.5, 0.6) is 0 Å². The highest BCUT2D eigenvalue weighted by Crippen LogP contribution is 2.31. The average Bonchev–Trinajstić information content (AvgIpc) is 2.83. The van der Waals surface area contributed by atoms with Gasteiger partial charge in [-0.1, -0.05) is 41.4 Å². The van der Waals surface area contributed by atoms with Crippen molar-refractivity contribution in [2.45, 2.75) is 25.7 Å². The third-order valence-electron chi connectivity index (χ3n) is 5.87. The molecule has 1 aliphatic heterocycles. The van der Waals surface area contributed by atoms with Gasteiger partial charge < -0.3 is 0 Å². The minimum atomic E-state index is -4.36. The summed E-state index contributed by atoms with van der Waals surface area (Å²) < 4.78 is 38.5. The van der Waals surface area contributed by atoms with Crippen LogP contribution < -0.4 is 0 Å². The van der Waals surface area contributed by atoms with Gasteiger partial charge in [-0.2, -0.15) is 13.2 Å². The predicted molar refractivity (Wildman–Crippen MR) is 130 cm³/mol. The van der Waals surface area contributed by atoms with E-state index in [1.807, 2.05) is 30.5 Å². The van der Waals surface area contributed by atoms with Crippen molar-refractivity contribution in [3.8, 4) is 22.6 Å². The van der Waals surface area contributed by atoms with Crippen molar-refractivity contribution in [2.75, 3.05) is 6.54 Å². The van der Waals surface area contributed by atoms with E-state index in [2.05, 4.69) is 19.9 Å². The molecule has 9 heteroatoms. The SMILES string of the molecule is FC(F)(F)c1ccc(-c2ncc3c(n2)CCN(Cc2ccc(-c4cc(Cl)cc(Cl)c4)nc2)C3)cc1. The highest BCUT2D eigenvalue weighted by Gasteiger charge is 2.30. The standard InChI is InChI=1S/C26H19Cl2F3N4/c27-21-9-18(10-22(28)11-21)23-6-1-16(12-32-23)14-35-8-7-24-19(15-35)13-33-25(34-24)17-2-4-20(5-3-17)26(29,30)31/h1-6,9-13H,7-8,14-15H2. The van der Waals surface area contributed by atoms with Crippen LogP contribution in [0.4, 0.5) is 13.2 Å². The number of alkyl halides is 3. The zero-order chi connectivity index (χ0) is 24.6. The molecule has 0 unspecified atom stereocenters. The summed E-state index contributed by atoms with van der Waals surface area (Å²) >= 11 is 12.2. The van der Waals surface area contributed by atoms with Gasteiger partial charge in [0.2, 0.25) is 0 Å². The van der Waals surface area contributed by atoms with Crippen LogP contribution in [0.3, 0.4) is 0 Å². The Kier molecular flexibility index (Phi) is 6.49. The molecule has 178 valence electrons.